The molecular formula is C14H21ClN2O2. The molecule has 5 heteroatoms. The third-order valence-electron chi connectivity index (χ3n) is 2.76. The fourth-order valence-corrected chi connectivity index (χ4v) is 1.83. The zero-order valence-electron chi connectivity index (χ0n) is 11.2. The average Bonchev–Trinajstić information content (AvgIpc) is 2.38. The average molecular weight is 285 g/mol. The number of halogens is 1. The lowest BCUT2D eigenvalue weighted by Gasteiger charge is -2.09. The topological polar surface area (TPSA) is 61.4 Å². The van der Waals surface area contributed by atoms with Gasteiger partial charge >= 0.3 is 0 Å². The molecule has 0 fully saturated rings. The van der Waals surface area contributed by atoms with E-state index in [-0.39, 0.29) is 19.1 Å². The van der Waals surface area contributed by atoms with Crippen molar-refractivity contribution < 1.29 is 9.90 Å². The SMILES string of the molecule is CC(CO)CCCNCC(=O)Nc1cccc(Cl)c1. The molecule has 0 saturated carbocycles. The van der Waals surface area contributed by atoms with E-state index in [0.717, 1.165) is 19.4 Å². The number of anilines is 1. The van der Waals surface area contributed by atoms with Gasteiger partial charge in [-0.2, -0.15) is 0 Å². The highest BCUT2D eigenvalue weighted by atomic mass is 35.5. The van der Waals surface area contributed by atoms with Crippen molar-refractivity contribution in [3.63, 3.8) is 0 Å². The van der Waals surface area contributed by atoms with Gasteiger partial charge in [-0.3, -0.25) is 4.79 Å². The van der Waals surface area contributed by atoms with Crippen LogP contribution >= 0.6 is 11.6 Å². The highest BCUT2D eigenvalue weighted by Gasteiger charge is 2.03. The molecule has 106 valence electrons. The summed E-state index contributed by atoms with van der Waals surface area (Å²) in [5.41, 5.74) is 0.702. The van der Waals surface area contributed by atoms with Gasteiger partial charge in [-0.15, -0.1) is 0 Å². The van der Waals surface area contributed by atoms with Crippen LogP contribution in [0.3, 0.4) is 0 Å². The van der Waals surface area contributed by atoms with Crippen molar-refractivity contribution in [1.29, 1.82) is 0 Å². The standard InChI is InChI=1S/C14H21ClN2O2/c1-11(10-18)4-3-7-16-9-14(19)17-13-6-2-5-12(15)8-13/h2,5-6,8,11,16,18H,3-4,7,9-10H2,1H3,(H,17,19). The van der Waals surface area contributed by atoms with Crippen LogP contribution in [-0.4, -0.2) is 30.7 Å². The molecule has 4 nitrogen and oxygen atoms in total. The van der Waals surface area contributed by atoms with Crippen LogP contribution < -0.4 is 10.6 Å². The van der Waals surface area contributed by atoms with Crippen molar-refractivity contribution in [3.05, 3.63) is 29.3 Å². The van der Waals surface area contributed by atoms with Crippen molar-refractivity contribution in [3.8, 4) is 0 Å². The van der Waals surface area contributed by atoms with Crippen molar-refractivity contribution >= 4 is 23.2 Å². The zero-order valence-corrected chi connectivity index (χ0v) is 11.9. The summed E-state index contributed by atoms with van der Waals surface area (Å²) < 4.78 is 0. The quantitative estimate of drug-likeness (QED) is 0.642. The molecule has 0 heterocycles. The van der Waals surface area contributed by atoms with E-state index in [0.29, 0.717) is 16.6 Å². The Labute approximate surface area is 119 Å². The number of rotatable bonds is 8. The molecule has 0 aliphatic rings. The molecular weight excluding hydrogens is 264 g/mol. The van der Waals surface area contributed by atoms with Gasteiger partial charge in [-0.05, 0) is 43.5 Å². The minimum atomic E-state index is -0.0857. The maximum atomic E-state index is 11.6. The maximum absolute atomic E-state index is 11.6. The fourth-order valence-electron chi connectivity index (χ4n) is 1.64. The Morgan fingerprint density at radius 2 is 2.26 bits per heavy atom. The van der Waals surface area contributed by atoms with E-state index >= 15 is 0 Å². The number of carbonyl (C=O) groups is 1. The second-order valence-corrected chi connectivity index (χ2v) is 5.10. The summed E-state index contributed by atoms with van der Waals surface area (Å²) in [5.74, 6) is 0.236. The number of benzene rings is 1. The minimum absolute atomic E-state index is 0.0857. The van der Waals surface area contributed by atoms with E-state index in [2.05, 4.69) is 10.6 Å². The molecule has 0 spiro atoms. The molecule has 0 saturated heterocycles. The summed E-state index contributed by atoms with van der Waals surface area (Å²) in [7, 11) is 0. The van der Waals surface area contributed by atoms with Crippen LogP contribution in [0.2, 0.25) is 5.02 Å². The van der Waals surface area contributed by atoms with Crippen molar-refractivity contribution in [2.75, 3.05) is 25.0 Å². The predicted molar refractivity (Wildman–Crippen MR) is 78.4 cm³/mol. The van der Waals surface area contributed by atoms with Gasteiger partial charge in [0.2, 0.25) is 5.91 Å². The van der Waals surface area contributed by atoms with Gasteiger partial charge in [0, 0.05) is 17.3 Å². The summed E-state index contributed by atoms with van der Waals surface area (Å²) in [4.78, 5) is 11.6. The first kappa shape index (κ1) is 16.0. The summed E-state index contributed by atoms with van der Waals surface area (Å²) in [6.07, 6.45) is 1.91. The zero-order chi connectivity index (χ0) is 14.1. The first-order valence-corrected chi connectivity index (χ1v) is 6.86. The van der Waals surface area contributed by atoms with Gasteiger partial charge in [0.1, 0.15) is 0 Å². The molecule has 0 aliphatic carbocycles. The highest BCUT2D eigenvalue weighted by Crippen LogP contribution is 2.14. The molecule has 0 aromatic heterocycles. The van der Waals surface area contributed by atoms with E-state index in [1.807, 2.05) is 6.92 Å². The third kappa shape index (κ3) is 7.15. The summed E-state index contributed by atoms with van der Waals surface area (Å²) in [5, 5.41) is 15.3. The second kappa shape index (κ2) is 8.91. The first-order valence-electron chi connectivity index (χ1n) is 6.49. The Morgan fingerprint density at radius 3 is 2.95 bits per heavy atom. The van der Waals surface area contributed by atoms with Gasteiger partial charge in [-0.1, -0.05) is 24.6 Å². The van der Waals surface area contributed by atoms with Crippen LogP contribution in [0, 0.1) is 5.92 Å². The van der Waals surface area contributed by atoms with Gasteiger partial charge in [0.15, 0.2) is 0 Å². The summed E-state index contributed by atoms with van der Waals surface area (Å²) >= 11 is 5.83. The molecule has 1 amide bonds. The summed E-state index contributed by atoms with van der Waals surface area (Å²) in [6.45, 7) is 3.27. The second-order valence-electron chi connectivity index (χ2n) is 4.67. The van der Waals surface area contributed by atoms with E-state index in [9.17, 15) is 4.79 Å². The molecule has 0 radical (unpaired) electrons. The molecule has 1 aromatic carbocycles. The maximum Gasteiger partial charge on any atom is 0.238 e. The number of carbonyl (C=O) groups excluding carboxylic acids is 1. The van der Waals surface area contributed by atoms with Crippen LogP contribution in [-0.2, 0) is 4.79 Å². The highest BCUT2D eigenvalue weighted by molar-refractivity contribution is 6.30. The molecule has 1 aromatic rings. The predicted octanol–water partition coefficient (Wildman–Crippen LogP) is 2.28. The Hall–Kier alpha value is -1.10. The number of amides is 1. The molecule has 1 unspecified atom stereocenters. The van der Waals surface area contributed by atoms with Crippen molar-refractivity contribution in [2.24, 2.45) is 5.92 Å². The Kier molecular flexibility index (Phi) is 7.48. The number of hydrogen-bond donors (Lipinski definition) is 3. The molecule has 1 rings (SSSR count). The van der Waals surface area contributed by atoms with Gasteiger partial charge in [0.25, 0.3) is 0 Å². The minimum Gasteiger partial charge on any atom is -0.396 e. The van der Waals surface area contributed by atoms with Crippen LogP contribution in [0.5, 0.6) is 0 Å². The van der Waals surface area contributed by atoms with Crippen LogP contribution in [0.4, 0.5) is 5.69 Å². The Bertz CT molecular complexity index is 399. The first-order chi connectivity index (χ1) is 9.11. The molecule has 0 bridgehead atoms. The number of aliphatic hydroxyl groups is 1. The lowest BCUT2D eigenvalue weighted by molar-refractivity contribution is -0.115. The van der Waals surface area contributed by atoms with Gasteiger partial charge in [0.05, 0.1) is 6.54 Å². The van der Waals surface area contributed by atoms with Crippen LogP contribution in [0.15, 0.2) is 24.3 Å². The lowest BCUT2D eigenvalue weighted by atomic mass is 10.1. The monoisotopic (exact) mass is 284 g/mol. The third-order valence-corrected chi connectivity index (χ3v) is 2.99. The van der Waals surface area contributed by atoms with Crippen molar-refractivity contribution in [2.45, 2.75) is 19.8 Å². The Balaban J connectivity index is 2.15. The van der Waals surface area contributed by atoms with E-state index in [1.54, 1.807) is 24.3 Å². The smallest absolute Gasteiger partial charge is 0.238 e. The van der Waals surface area contributed by atoms with Gasteiger partial charge in [-0.25, -0.2) is 0 Å². The van der Waals surface area contributed by atoms with Crippen LogP contribution in [0.1, 0.15) is 19.8 Å². The Morgan fingerprint density at radius 1 is 1.47 bits per heavy atom. The number of nitrogens with one attached hydrogen (secondary N) is 2. The summed E-state index contributed by atoms with van der Waals surface area (Å²) in [6, 6.07) is 7.06. The molecule has 0 aliphatic heterocycles. The van der Waals surface area contributed by atoms with Gasteiger partial charge < -0.3 is 15.7 Å². The number of aliphatic hydroxyl groups excluding tert-OH is 1. The normalized spacial score (nSPS) is 12.2. The van der Waals surface area contributed by atoms with Crippen molar-refractivity contribution in [1.82, 2.24) is 5.32 Å². The van der Waals surface area contributed by atoms with Crippen LogP contribution in [0.25, 0.3) is 0 Å². The lowest BCUT2D eigenvalue weighted by Crippen LogP contribution is -2.29. The number of hydrogen-bond acceptors (Lipinski definition) is 3. The molecule has 19 heavy (non-hydrogen) atoms. The van der Waals surface area contributed by atoms with E-state index in [4.69, 9.17) is 16.7 Å². The molecule has 1 atom stereocenters. The van der Waals surface area contributed by atoms with E-state index < -0.39 is 0 Å². The largest absolute Gasteiger partial charge is 0.396 e. The fraction of sp³-hybridized carbons (Fsp3) is 0.500. The molecule has 3 N–H and O–H groups in total. The van der Waals surface area contributed by atoms with E-state index in [1.165, 1.54) is 0 Å².